The Morgan fingerprint density at radius 3 is 1.79 bits per heavy atom. The molecular weight excluding hydrogens is 346 g/mol. The predicted octanol–water partition coefficient (Wildman–Crippen LogP) is -1.33. The number of thiazole rings is 1. The Bertz CT molecular complexity index is 563. The molecule has 1 aromatic heterocycles. The largest absolute Gasteiger partial charge is 0.481 e. The van der Waals surface area contributed by atoms with E-state index >= 15 is 0 Å². The highest BCUT2D eigenvalue weighted by Gasteiger charge is 2.30. The minimum absolute atomic E-state index is 0.312. The van der Waals surface area contributed by atoms with Crippen LogP contribution in [0.15, 0.2) is 11.6 Å². The summed E-state index contributed by atoms with van der Waals surface area (Å²) < 4.78 is 0. The molecule has 0 saturated carbocycles. The van der Waals surface area contributed by atoms with E-state index in [1.54, 1.807) is 11.6 Å². The van der Waals surface area contributed by atoms with Gasteiger partial charge in [0.15, 0.2) is 5.92 Å². The zero-order valence-electron chi connectivity index (χ0n) is 12.2. The quantitative estimate of drug-likeness (QED) is 0.297. The zero-order chi connectivity index (χ0) is 18.9. The highest BCUT2D eigenvalue weighted by atomic mass is 32.1. The first-order valence-electron chi connectivity index (χ1n) is 6.37. The predicted molar refractivity (Wildman–Crippen MR) is 80.4 cm³/mol. The van der Waals surface area contributed by atoms with E-state index in [0.717, 1.165) is 5.01 Å². The van der Waals surface area contributed by atoms with E-state index in [-0.39, 0.29) is 0 Å². The molecule has 2 atom stereocenters. The maximum Gasteiger partial charge on any atom is 0.320 e. The molecule has 0 spiro atoms. The third-order valence-electron chi connectivity index (χ3n) is 2.60. The average Bonchev–Trinajstić information content (AvgIpc) is 2.96. The van der Waals surface area contributed by atoms with Crippen LogP contribution in [-0.2, 0) is 25.6 Å². The second-order valence-electron chi connectivity index (χ2n) is 4.48. The van der Waals surface area contributed by atoms with Crippen molar-refractivity contribution in [3.05, 3.63) is 16.6 Å². The van der Waals surface area contributed by atoms with Gasteiger partial charge in [0.2, 0.25) is 0 Å². The summed E-state index contributed by atoms with van der Waals surface area (Å²) in [6.07, 6.45) is 1.32. The highest BCUT2D eigenvalue weighted by molar-refractivity contribution is 7.09. The lowest BCUT2D eigenvalue weighted by atomic mass is 10.0. The van der Waals surface area contributed by atoms with Crippen molar-refractivity contribution in [1.82, 2.24) is 4.98 Å². The van der Waals surface area contributed by atoms with E-state index in [9.17, 15) is 19.2 Å². The first-order valence-corrected chi connectivity index (χ1v) is 7.25. The molecule has 0 aliphatic heterocycles. The van der Waals surface area contributed by atoms with Crippen molar-refractivity contribution >= 4 is 35.2 Å². The van der Waals surface area contributed by atoms with E-state index in [1.807, 2.05) is 0 Å². The van der Waals surface area contributed by atoms with Crippen molar-refractivity contribution in [3.63, 3.8) is 0 Å². The Kier molecular flexibility index (Phi) is 9.15. The number of carbonyl (C=O) groups is 4. The van der Waals surface area contributed by atoms with Gasteiger partial charge >= 0.3 is 23.9 Å². The van der Waals surface area contributed by atoms with Crippen LogP contribution >= 0.6 is 11.3 Å². The fourth-order valence-corrected chi connectivity index (χ4v) is 1.97. The smallest absolute Gasteiger partial charge is 0.320 e. The normalized spacial score (nSPS) is 12.6. The van der Waals surface area contributed by atoms with Crippen LogP contribution in [0.1, 0.15) is 11.4 Å². The molecule has 0 radical (unpaired) electrons. The molecule has 0 aliphatic carbocycles. The van der Waals surface area contributed by atoms with Crippen molar-refractivity contribution in [3.8, 4) is 0 Å². The Hall–Kier alpha value is -2.57. The van der Waals surface area contributed by atoms with Gasteiger partial charge in [-0.2, -0.15) is 0 Å². The molecule has 0 bridgehead atoms. The Balaban J connectivity index is 0.000000446. The Labute approximate surface area is 139 Å². The summed E-state index contributed by atoms with van der Waals surface area (Å²) in [5, 5.41) is 36.0. The molecule has 11 nitrogen and oxygen atoms in total. The molecule has 1 rings (SSSR count). The van der Waals surface area contributed by atoms with Crippen LogP contribution in [0, 0.1) is 5.92 Å². The lowest BCUT2D eigenvalue weighted by molar-refractivity contribution is -0.155. The molecule has 134 valence electrons. The summed E-state index contributed by atoms with van der Waals surface area (Å²) in [5.41, 5.74) is 10.2. The molecule has 12 heteroatoms. The molecule has 1 aromatic rings. The lowest BCUT2D eigenvalue weighted by Gasteiger charge is -2.09. The van der Waals surface area contributed by atoms with Gasteiger partial charge in [0.05, 0.1) is 5.01 Å². The van der Waals surface area contributed by atoms with Crippen LogP contribution in [0.4, 0.5) is 0 Å². The van der Waals surface area contributed by atoms with E-state index in [4.69, 9.17) is 31.9 Å². The number of rotatable bonds is 8. The number of hydrogen-bond acceptors (Lipinski definition) is 8. The standard InChI is InChI=1S/C6H8N2O2S.C6H9NO6/c7-4(6(9)10)3-5-8-1-2-11-5;7-3(6(12)13)1-2(4(8)9)5(10)11/h1-2,4H,3,7H2,(H,9,10);2-3H,1,7H2,(H,8,9)(H,10,11)(H,12,13)/t;3-/m.0/s1. The molecule has 0 fully saturated rings. The molecule has 0 amide bonds. The monoisotopic (exact) mass is 363 g/mol. The van der Waals surface area contributed by atoms with Gasteiger partial charge in [-0.25, -0.2) is 4.98 Å². The van der Waals surface area contributed by atoms with Crippen LogP contribution < -0.4 is 11.5 Å². The number of aliphatic carboxylic acids is 4. The number of hydrogen-bond donors (Lipinski definition) is 6. The molecule has 0 aromatic carbocycles. The summed E-state index contributed by atoms with van der Waals surface area (Å²) in [6, 6.07) is -2.31. The van der Waals surface area contributed by atoms with Gasteiger partial charge < -0.3 is 31.9 Å². The Morgan fingerprint density at radius 1 is 0.958 bits per heavy atom. The zero-order valence-corrected chi connectivity index (χ0v) is 13.0. The van der Waals surface area contributed by atoms with Crippen LogP contribution in [0.5, 0.6) is 0 Å². The number of nitrogens with two attached hydrogens (primary N) is 2. The molecule has 0 saturated heterocycles. The third kappa shape index (κ3) is 8.17. The minimum Gasteiger partial charge on any atom is -0.481 e. The van der Waals surface area contributed by atoms with Gasteiger partial charge in [-0.05, 0) is 6.42 Å². The molecule has 8 N–H and O–H groups in total. The van der Waals surface area contributed by atoms with E-state index in [0.29, 0.717) is 6.42 Å². The van der Waals surface area contributed by atoms with E-state index < -0.39 is 48.3 Å². The first-order chi connectivity index (χ1) is 11.1. The molecular formula is C12H17N3O8S. The fourth-order valence-electron chi connectivity index (χ4n) is 1.29. The van der Waals surface area contributed by atoms with Crippen molar-refractivity contribution in [1.29, 1.82) is 0 Å². The highest BCUT2D eigenvalue weighted by Crippen LogP contribution is 2.07. The van der Waals surface area contributed by atoms with Gasteiger partial charge in [-0.15, -0.1) is 11.3 Å². The van der Waals surface area contributed by atoms with Crippen molar-refractivity contribution < 1.29 is 39.6 Å². The van der Waals surface area contributed by atoms with Crippen LogP contribution in [-0.4, -0.2) is 61.4 Å². The van der Waals surface area contributed by atoms with Gasteiger partial charge in [0.25, 0.3) is 0 Å². The number of aromatic nitrogens is 1. The van der Waals surface area contributed by atoms with Crippen LogP contribution in [0.3, 0.4) is 0 Å². The summed E-state index contributed by atoms with van der Waals surface area (Å²) in [5.74, 6) is -7.37. The summed E-state index contributed by atoms with van der Waals surface area (Å²) >= 11 is 1.41. The lowest BCUT2D eigenvalue weighted by Crippen LogP contribution is -2.37. The van der Waals surface area contributed by atoms with E-state index in [2.05, 4.69) is 4.98 Å². The van der Waals surface area contributed by atoms with Gasteiger partial charge in [0, 0.05) is 18.0 Å². The summed E-state index contributed by atoms with van der Waals surface area (Å²) in [7, 11) is 0. The first kappa shape index (κ1) is 21.4. The van der Waals surface area contributed by atoms with E-state index in [1.165, 1.54) is 11.3 Å². The topological polar surface area (TPSA) is 214 Å². The maximum atomic E-state index is 10.3. The second-order valence-corrected chi connectivity index (χ2v) is 5.46. The van der Waals surface area contributed by atoms with Crippen LogP contribution in [0.25, 0.3) is 0 Å². The molecule has 24 heavy (non-hydrogen) atoms. The second kappa shape index (κ2) is 10.3. The molecule has 1 unspecified atom stereocenters. The SMILES string of the molecule is NC(Cc1nccs1)C(=O)O.N[C@@H](CC(C(=O)O)C(=O)O)C(=O)O. The summed E-state index contributed by atoms with van der Waals surface area (Å²) in [6.45, 7) is 0. The van der Waals surface area contributed by atoms with Gasteiger partial charge in [-0.1, -0.05) is 0 Å². The minimum atomic E-state index is -1.77. The van der Waals surface area contributed by atoms with Crippen molar-refractivity contribution in [2.24, 2.45) is 17.4 Å². The number of nitrogens with zero attached hydrogens (tertiary/aromatic N) is 1. The van der Waals surface area contributed by atoms with Gasteiger partial charge in [0.1, 0.15) is 12.1 Å². The maximum absolute atomic E-state index is 10.3. The third-order valence-corrected chi connectivity index (χ3v) is 3.40. The van der Waals surface area contributed by atoms with Gasteiger partial charge in [-0.3, -0.25) is 19.2 Å². The average molecular weight is 363 g/mol. The Morgan fingerprint density at radius 2 is 1.46 bits per heavy atom. The number of carboxylic acid groups (broad SMARTS) is 4. The molecule has 0 aliphatic rings. The fraction of sp³-hybridized carbons (Fsp3) is 0.417. The van der Waals surface area contributed by atoms with Crippen molar-refractivity contribution in [2.75, 3.05) is 0 Å². The summed E-state index contributed by atoms with van der Waals surface area (Å²) in [4.78, 5) is 44.9. The van der Waals surface area contributed by atoms with Crippen LogP contribution in [0.2, 0.25) is 0 Å². The van der Waals surface area contributed by atoms with Crippen molar-refractivity contribution in [2.45, 2.75) is 24.9 Å². The number of carboxylic acids is 4. The molecule has 1 heterocycles.